The number of esters is 1. The molecule has 0 aromatic heterocycles. The summed E-state index contributed by atoms with van der Waals surface area (Å²) in [4.78, 5) is 11.7. The zero-order chi connectivity index (χ0) is 11.2. The molecule has 0 aliphatic carbocycles. The predicted octanol–water partition coefficient (Wildman–Crippen LogP) is 1.10. The van der Waals surface area contributed by atoms with Gasteiger partial charge in [-0.05, 0) is 38.6 Å². The van der Waals surface area contributed by atoms with E-state index in [4.69, 9.17) is 9.47 Å². The lowest BCUT2D eigenvalue weighted by Gasteiger charge is -2.25. The average molecular weight is 227 g/mol. The quantitative estimate of drug-likeness (QED) is 0.733. The van der Waals surface area contributed by atoms with Gasteiger partial charge >= 0.3 is 5.97 Å². The largest absolute Gasteiger partial charge is 0.463 e. The van der Waals surface area contributed by atoms with E-state index in [2.05, 4.69) is 5.32 Å². The van der Waals surface area contributed by atoms with Crippen LogP contribution < -0.4 is 5.32 Å². The van der Waals surface area contributed by atoms with Crippen LogP contribution >= 0.6 is 0 Å². The van der Waals surface area contributed by atoms with Crippen molar-refractivity contribution in [1.82, 2.24) is 5.32 Å². The molecule has 92 valence electrons. The van der Waals surface area contributed by atoms with Gasteiger partial charge in [-0.15, -0.1) is 0 Å². The standard InChI is InChI=1S/C12H21NO3/c14-12(10-4-3-6-13-8-10)16-9-11-5-1-2-7-15-11/h10-11,13H,1-9H2/t10-,11?/m1/s1. The molecule has 0 spiro atoms. The molecule has 1 N–H and O–H groups in total. The molecule has 2 saturated heterocycles. The van der Waals surface area contributed by atoms with Crippen molar-refractivity contribution in [3.05, 3.63) is 0 Å². The van der Waals surface area contributed by atoms with Gasteiger partial charge in [0.15, 0.2) is 0 Å². The van der Waals surface area contributed by atoms with Crippen LogP contribution in [0, 0.1) is 5.92 Å². The van der Waals surface area contributed by atoms with Crippen LogP contribution in [0.2, 0.25) is 0 Å². The Morgan fingerprint density at radius 3 is 2.94 bits per heavy atom. The van der Waals surface area contributed by atoms with Gasteiger partial charge in [0.1, 0.15) is 6.61 Å². The van der Waals surface area contributed by atoms with Crippen molar-refractivity contribution in [2.24, 2.45) is 5.92 Å². The summed E-state index contributed by atoms with van der Waals surface area (Å²) in [5.41, 5.74) is 0. The molecule has 2 aliphatic rings. The first-order valence-electron chi connectivity index (χ1n) is 6.35. The molecule has 0 bridgehead atoms. The number of hydrogen-bond donors (Lipinski definition) is 1. The maximum atomic E-state index is 11.7. The second kappa shape index (κ2) is 6.21. The van der Waals surface area contributed by atoms with Crippen molar-refractivity contribution < 1.29 is 14.3 Å². The van der Waals surface area contributed by atoms with Crippen molar-refractivity contribution in [2.75, 3.05) is 26.3 Å². The first-order chi connectivity index (χ1) is 7.86. The Hall–Kier alpha value is -0.610. The second-order valence-electron chi connectivity index (χ2n) is 4.66. The predicted molar refractivity (Wildman–Crippen MR) is 60.1 cm³/mol. The number of carbonyl (C=O) groups is 1. The first-order valence-corrected chi connectivity index (χ1v) is 6.35. The van der Waals surface area contributed by atoms with Crippen molar-refractivity contribution in [1.29, 1.82) is 0 Å². The van der Waals surface area contributed by atoms with Crippen molar-refractivity contribution >= 4 is 5.97 Å². The van der Waals surface area contributed by atoms with Gasteiger partial charge in [0.2, 0.25) is 0 Å². The van der Waals surface area contributed by atoms with Gasteiger partial charge in [-0.25, -0.2) is 0 Å². The second-order valence-corrected chi connectivity index (χ2v) is 4.66. The molecule has 4 nitrogen and oxygen atoms in total. The number of ether oxygens (including phenoxy) is 2. The lowest BCUT2D eigenvalue weighted by molar-refractivity contribution is -0.154. The number of rotatable bonds is 3. The minimum absolute atomic E-state index is 0.0531. The molecule has 2 aliphatic heterocycles. The smallest absolute Gasteiger partial charge is 0.310 e. The Kier molecular flexibility index (Phi) is 4.60. The van der Waals surface area contributed by atoms with Crippen LogP contribution in [0.5, 0.6) is 0 Å². The molecule has 0 amide bonds. The van der Waals surface area contributed by atoms with Crippen LogP contribution in [0.15, 0.2) is 0 Å². The Bertz CT molecular complexity index is 220. The summed E-state index contributed by atoms with van der Waals surface area (Å²) in [6.07, 6.45) is 5.51. The van der Waals surface area contributed by atoms with E-state index in [1.807, 2.05) is 0 Å². The van der Waals surface area contributed by atoms with Gasteiger partial charge in [-0.1, -0.05) is 0 Å². The highest BCUT2D eigenvalue weighted by molar-refractivity contribution is 5.72. The molecule has 16 heavy (non-hydrogen) atoms. The van der Waals surface area contributed by atoms with E-state index in [1.54, 1.807) is 0 Å². The zero-order valence-corrected chi connectivity index (χ0v) is 9.74. The zero-order valence-electron chi connectivity index (χ0n) is 9.74. The van der Waals surface area contributed by atoms with E-state index in [-0.39, 0.29) is 18.0 Å². The van der Waals surface area contributed by atoms with Gasteiger partial charge in [-0.2, -0.15) is 0 Å². The fraction of sp³-hybridized carbons (Fsp3) is 0.917. The lowest BCUT2D eigenvalue weighted by atomic mass is 10.00. The van der Waals surface area contributed by atoms with E-state index in [0.717, 1.165) is 45.4 Å². The summed E-state index contributed by atoms with van der Waals surface area (Å²) < 4.78 is 10.8. The van der Waals surface area contributed by atoms with Crippen LogP contribution in [0.3, 0.4) is 0 Å². The normalized spacial score (nSPS) is 31.0. The van der Waals surface area contributed by atoms with Crippen molar-refractivity contribution in [3.63, 3.8) is 0 Å². The summed E-state index contributed by atoms with van der Waals surface area (Å²) in [7, 11) is 0. The monoisotopic (exact) mass is 227 g/mol. The Balaban J connectivity index is 1.65. The van der Waals surface area contributed by atoms with E-state index >= 15 is 0 Å². The summed E-state index contributed by atoms with van der Waals surface area (Å²) in [6.45, 7) is 3.04. The highest BCUT2D eigenvalue weighted by Gasteiger charge is 2.23. The number of nitrogens with one attached hydrogen (secondary N) is 1. The fourth-order valence-electron chi connectivity index (χ4n) is 2.28. The maximum Gasteiger partial charge on any atom is 0.310 e. The molecule has 1 unspecified atom stereocenters. The Labute approximate surface area is 96.7 Å². The van der Waals surface area contributed by atoms with Crippen molar-refractivity contribution in [3.8, 4) is 0 Å². The summed E-state index contributed by atoms with van der Waals surface area (Å²) in [6, 6.07) is 0. The Morgan fingerprint density at radius 1 is 1.31 bits per heavy atom. The van der Waals surface area contributed by atoms with Gasteiger partial charge < -0.3 is 14.8 Å². The topological polar surface area (TPSA) is 47.6 Å². The summed E-state index contributed by atoms with van der Waals surface area (Å²) in [5, 5.41) is 3.22. The molecule has 2 heterocycles. The molecular weight excluding hydrogens is 206 g/mol. The third-order valence-corrected chi connectivity index (χ3v) is 3.32. The van der Waals surface area contributed by atoms with Crippen LogP contribution in [-0.4, -0.2) is 38.4 Å². The van der Waals surface area contributed by atoms with Gasteiger partial charge in [0.25, 0.3) is 0 Å². The highest BCUT2D eigenvalue weighted by Crippen LogP contribution is 2.15. The SMILES string of the molecule is O=C(OCC1CCCCO1)[C@@H]1CCCNC1. The number of hydrogen-bond acceptors (Lipinski definition) is 4. The van der Waals surface area contributed by atoms with Crippen LogP contribution in [-0.2, 0) is 14.3 Å². The third-order valence-electron chi connectivity index (χ3n) is 3.32. The third kappa shape index (κ3) is 3.46. The van der Waals surface area contributed by atoms with Crippen LogP contribution in [0.1, 0.15) is 32.1 Å². The maximum absolute atomic E-state index is 11.7. The minimum Gasteiger partial charge on any atom is -0.463 e. The minimum atomic E-state index is -0.0543. The van der Waals surface area contributed by atoms with Gasteiger partial charge in [-0.3, -0.25) is 4.79 Å². The first kappa shape index (κ1) is 11.9. The molecule has 4 heteroatoms. The number of carbonyl (C=O) groups excluding carboxylic acids is 1. The van der Waals surface area contributed by atoms with Crippen molar-refractivity contribution in [2.45, 2.75) is 38.2 Å². The molecule has 0 saturated carbocycles. The molecule has 2 rings (SSSR count). The number of piperidine rings is 1. The fourth-order valence-corrected chi connectivity index (χ4v) is 2.28. The van der Waals surface area contributed by atoms with E-state index < -0.39 is 0 Å². The van der Waals surface area contributed by atoms with E-state index in [1.165, 1.54) is 6.42 Å². The van der Waals surface area contributed by atoms with E-state index in [0.29, 0.717) is 6.61 Å². The Morgan fingerprint density at radius 2 is 2.25 bits per heavy atom. The average Bonchev–Trinajstić information content (AvgIpc) is 2.38. The summed E-state index contributed by atoms with van der Waals surface area (Å²) in [5.74, 6) is -0.00119. The molecular formula is C12H21NO3. The van der Waals surface area contributed by atoms with Gasteiger partial charge in [0.05, 0.1) is 12.0 Å². The van der Waals surface area contributed by atoms with Crippen LogP contribution in [0.4, 0.5) is 0 Å². The highest BCUT2D eigenvalue weighted by atomic mass is 16.6. The summed E-state index contributed by atoms with van der Waals surface area (Å²) >= 11 is 0. The molecule has 0 aromatic carbocycles. The molecule has 0 aromatic rings. The molecule has 0 radical (unpaired) electrons. The van der Waals surface area contributed by atoms with Crippen LogP contribution in [0.25, 0.3) is 0 Å². The van der Waals surface area contributed by atoms with Gasteiger partial charge in [0, 0.05) is 13.2 Å². The van der Waals surface area contributed by atoms with E-state index in [9.17, 15) is 4.79 Å². The lowest BCUT2D eigenvalue weighted by Crippen LogP contribution is -2.36. The molecule has 2 fully saturated rings. The molecule has 2 atom stereocenters.